The van der Waals surface area contributed by atoms with Crippen LogP contribution in [0, 0.1) is 47.1 Å². The average Bonchev–Trinajstić information content (AvgIpc) is 0.985. The number of rotatable bonds is 14. The number of thiophene rings is 2. The lowest BCUT2D eigenvalue weighted by atomic mass is 9.87. The normalized spacial score (nSPS) is 22.7. The van der Waals surface area contributed by atoms with Crippen molar-refractivity contribution in [2.45, 2.75) is 171 Å². The number of esters is 4. The van der Waals surface area contributed by atoms with Gasteiger partial charge >= 0.3 is 23.9 Å². The van der Waals surface area contributed by atoms with Gasteiger partial charge in [-0.3, -0.25) is 19.2 Å². The van der Waals surface area contributed by atoms with Gasteiger partial charge in [0.1, 0.15) is 61.0 Å². The predicted octanol–water partition coefficient (Wildman–Crippen LogP) is 12.3. The monoisotopic (exact) mass is 1220 g/mol. The summed E-state index contributed by atoms with van der Waals surface area (Å²) in [6.45, 7) is 23.6. The lowest BCUT2D eigenvalue weighted by Crippen LogP contribution is -2.61. The second-order valence-electron chi connectivity index (χ2n) is 26.3. The minimum Gasteiger partial charge on any atom is -0.462 e. The third-order valence-electron chi connectivity index (χ3n) is 14.8. The highest BCUT2D eigenvalue weighted by atomic mass is 32.1. The van der Waals surface area contributed by atoms with Crippen LogP contribution in [-0.4, -0.2) is 106 Å². The molecule has 86 heavy (non-hydrogen) atoms. The molecule has 2 aromatic heterocycles. The summed E-state index contributed by atoms with van der Waals surface area (Å²) in [5, 5.41) is 40.0. The van der Waals surface area contributed by atoms with Gasteiger partial charge in [0.15, 0.2) is 18.3 Å². The second-order valence-corrected chi connectivity index (χ2v) is 28.7. The third-order valence-corrected chi connectivity index (χ3v) is 17.1. The fourth-order valence-electron chi connectivity index (χ4n) is 9.35. The topological polar surface area (TPSA) is 205 Å². The van der Waals surface area contributed by atoms with E-state index in [0.29, 0.717) is 24.0 Å². The van der Waals surface area contributed by atoms with Crippen molar-refractivity contribution in [3.63, 3.8) is 0 Å². The maximum Gasteiger partial charge on any atom is 0.311 e. The molecule has 4 aromatic carbocycles. The van der Waals surface area contributed by atoms with Crippen LogP contribution in [0.2, 0.25) is 0 Å². The van der Waals surface area contributed by atoms with Crippen molar-refractivity contribution in [2.75, 3.05) is 13.2 Å². The van der Waals surface area contributed by atoms with Gasteiger partial charge in [-0.05, 0) is 190 Å². The van der Waals surface area contributed by atoms with E-state index < -0.39 is 113 Å². The Morgan fingerprint density at radius 2 is 0.872 bits per heavy atom. The molecule has 2 aliphatic rings. The van der Waals surface area contributed by atoms with Crippen molar-refractivity contribution in [3.8, 4) is 20.9 Å². The van der Waals surface area contributed by atoms with Gasteiger partial charge in [0.05, 0.1) is 28.3 Å². The Hall–Kier alpha value is -6.22. The fourth-order valence-corrected chi connectivity index (χ4v) is 11.4. The van der Waals surface area contributed by atoms with E-state index in [-0.39, 0.29) is 18.2 Å². The molecular weight excluding hydrogens is 1140 g/mol. The van der Waals surface area contributed by atoms with Crippen molar-refractivity contribution >= 4 is 46.6 Å². The first-order valence-corrected chi connectivity index (χ1v) is 30.4. The number of carbonyl (C=O) groups excluding carboxylic acids is 4. The molecule has 0 aliphatic carbocycles. The lowest BCUT2D eigenvalue weighted by molar-refractivity contribution is -0.262. The van der Waals surface area contributed by atoms with Crippen molar-refractivity contribution in [3.05, 3.63) is 164 Å². The molecule has 0 saturated carbocycles. The molecular formula is C68H82F2O14S2. The molecule has 14 nitrogen and oxygen atoms in total. The number of benzene rings is 4. The summed E-state index contributed by atoms with van der Waals surface area (Å²) in [4.78, 5) is 58.3. The average molecular weight is 1230 g/mol. The van der Waals surface area contributed by atoms with Crippen molar-refractivity contribution in [1.29, 1.82) is 0 Å². The number of hydrogen-bond donors (Lipinski definition) is 4. The molecule has 4 heterocycles. The molecule has 2 fully saturated rings. The molecule has 10 atom stereocenters. The van der Waals surface area contributed by atoms with E-state index in [1.165, 1.54) is 24.3 Å². The van der Waals surface area contributed by atoms with Gasteiger partial charge in [0.2, 0.25) is 0 Å². The first kappa shape index (κ1) is 67.3. The summed E-state index contributed by atoms with van der Waals surface area (Å²) in [5.74, 6) is -2.88. The van der Waals surface area contributed by atoms with Crippen LogP contribution in [0.1, 0.15) is 138 Å². The van der Waals surface area contributed by atoms with Gasteiger partial charge in [-0.2, -0.15) is 0 Å². The minimum atomic E-state index is -1.41. The van der Waals surface area contributed by atoms with Gasteiger partial charge in [-0.25, -0.2) is 8.78 Å². The Labute approximate surface area is 511 Å². The molecule has 4 N–H and O–H groups in total. The zero-order chi connectivity index (χ0) is 63.4. The maximum absolute atomic E-state index is 13.7. The van der Waals surface area contributed by atoms with Gasteiger partial charge in [0, 0.05) is 32.4 Å². The zero-order valence-electron chi connectivity index (χ0n) is 51.4. The quantitative estimate of drug-likeness (QED) is 0.0592. The molecule has 2 aliphatic heterocycles. The van der Waals surface area contributed by atoms with Crippen LogP contribution in [0.15, 0.2) is 109 Å². The summed E-state index contributed by atoms with van der Waals surface area (Å²) in [7, 11) is 0. The van der Waals surface area contributed by atoms with Crippen LogP contribution < -0.4 is 0 Å². The van der Waals surface area contributed by atoms with Crippen LogP contribution in [-0.2, 0) is 60.4 Å². The fraction of sp³-hybridized carbons (Fsp3) is 0.471. The number of ether oxygens (including phenoxy) is 6. The highest BCUT2D eigenvalue weighted by Crippen LogP contribution is 2.42. The van der Waals surface area contributed by atoms with Crippen molar-refractivity contribution < 1.29 is 76.8 Å². The number of aryl methyl sites for hydroxylation is 2. The second kappa shape index (κ2) is 27.4. The van der Waals surface area contributed by atoms with E-state index in [2.05, 4.69) is 0 Å². The molecule has 8 rings (SSSR count). The largest absolute Gasteiger partial charge is 0.462 e. The summed E-state index contributed by atoms with van der Waals surface area (Å²) < 4.78 is 63.6. The van der Waals surface area contributed by atoms with Crippen LogP contribution >= 0.6 is 22.7 Å². The summed E-state index contributed by atoms with van der Waals surface area (Å²) in [6, 6.07) is 32.4. The Kier molecular flexibility index (Phi) is 21.5. The Bertz CT molecular complexity index is 3300. The van der Waals surface area contributed by atoms with E-state index in [4.69, 9.17) is 28.4 Å². The first-order chi connectivity index (χ1) is 40.1. The Balaban J connectivity index is 0.000000286. The van der Waals surface area contributed by atoms with Crippen molar-refractivity contribution in [2.24, 2.45) is 21.7 Å². The molecule has 2 saturated heterocycles. The minimum absolute atomic E-state index is 0.263. The van der Waals surface area contributed by atoms with Gasteiger partial charge in [-0.1, -0.05) is 60.7 Å². The highest BCUT2D eigenvalue weighted by molar-refractivity contribution is 7.15. The van der Waals surface area contributed by atoms with Crippen LogP contribution in [0.25, 0.3) is 20.9 Å². The van der Waals surface area contributed by atoms with E-state index in [9.17, 15) is 48.4 Å². The Morgan fingerprint density at radius 3 is 1.29 bits per heavy atom. The van der Waals surface area contributed by atoms with Crippen molar-refractivity contribution in [1.82, 2.24) is 0 Å². The smallest absolute Gasteiger partial charge is 0.311 e. The number of aliphatic hydroxyl groups excluding tert-OH is 4. The molecule has 0 bridgehead atoms. The number of halogens is 2. The molecule has 464 valence electrons. The standard InChI is InChI=1S/C44H57FO9S.C24H25FO5S/c1-25-14-15-27(22-28(25)23-30-20-21-32(55-30)26-16-18-29(45)19-17-26)33-35(53-39(48)43(8,9)10)36(54-40(49)44(11,12)13)34(52-38(47)42(5,6)7)31(51-33)24-50-37(46)41(2,3)4;1-13-2-3-15(24-23(29)22(28)21(27)19(12-26)30-24)10-16(13)11-18-8-9-20(31-18)14-4-6-17(25)7-5-14/h14-22,31,33-36H,23-24H2,1-13H3;2-10,19,21-24,26-29H,11-12H2,1H3/t31-,33+,34-,35+,36+;19-,21-,22+,23-,24+/m11/s1. The Morgan fingerprint density at radius 1 is 0.477 bits per heavy atom. The van der Waals surface area contributed by atoms with E-state index >= 15 is 0 Å². The van der Waals surface area contributed by atoms with Crippen LogP contribution in [0.4, 0.5) is 8.78 Å². The summed E-state index contributed by atoms with van der Waals surface area (Å²) in [5.41, 5.74) is 3.50. The molecule has 18 heteroatoms. The summed E-state index contributed by atoms with van der Waals surface area (Å²) in [6.07, 6.45) is -10.7. The zero-order valence-corrected chi connectivity index (χ0v) is 53.1. The summed E-state index contributed by atoms with van der Waals surface area (Å²) >= 11 is 3.23. The SMILES string of the molecule is Cc1ccc([C@@H]2O[C@H](CO)[C@@H](O)[C@H](O)[C@H]2O)cc1Cc1ccc(-c2ccc(F)cc2)s1.Cc1ccc([C@@H]2O[C@H](COC(=O)C(C)(C)C)[C@@H](OC(=O)C(C)(C)C)[C@H](OC(=O)C(C)(C)C)[C@H]2OC(=O)C(C)(C)C)cc1Cc1ccc(-c2ccc(F)cc2)s1. The molecule has 0 amide bonds. The molecule has 0 spiro atoms. The lowest BCUT2D eigenvalue weighted by Gasteiger charge is -2.46. The van der Waals surface area contributed by atoms with Gasteiger partial charge < -0.3 is 48.8 Å². The predicted molar refractivity (Wildman–Crippen MR) is 326 cm³/mol. The molecule has 6 aromatic rings. The molecule has 0 unspecified atom stereocenters. The highest BCUT2D eigenvalue weighted by Gasteiger charge is 2.55. The van der Waals surface area contributed by atoms with Crippen LogP contribution in [0.5, 0.6) is 0 Å². The number of carbonyl (C=O) groups is 4. The maximum atomic E-state index is 13.7. The van der Waals surface area contributed by atoms with E-state index in [1.54, 1.807) is 130 Å². The van der Waals surface area contributed by atoms with Gasteiger partial charge in [0.25, 0.3) is 0 Å². The number of hydrogen-bond acceptors (Lipinski definition) is 16. The van der Waals surface area contributed by atoms with Crippen LogP contribution in [0.3, 0.4) is 0 Å². The van der Waals surface area contributed by atoms with E-state index in [1.807, 2.05) is 74.5 Å². The third kappa shape index (κ3) is 16.9. The first-order valence-electron chi connectivity index (χ1n) is 28.8. The molecule has 0 radical (unpaired) electrons. The number of aliphatic hydroxyl groups is 4. The van der Waals surface area contributed by atoms with E-state index in [0.717, 1.165) is 52.9 Å². The van der Waals surface area contributed by atoms with Gasteiger partial charge in [-0.15, -0.1) is 22.7 Å².